The Balaban J connectivity index is 0.973. The zero-order valence-electron chi connectivity index (χ0n) is 25.2. The number of fused-ring (bicyclic) bond motifs is 4. The zero-order valence-corrected chi connectivity index (χ0v) is 25.2. The number of rotatable bonds is 2. The van der Waals surface area contributed by atoms with E-state index in [0.717, 1.165) is 22.3 Å². The van der Waals surface area contributed by atoms with Crippen molar-refractivity contribution >= 4 is 55.2 Å². The predicted molar refractivity (Wildman–Crippen MR) is 197 cm³/mol. The van der Waals surface area contributed by atoms with E-state index in [2.05, 4.69) is 194 Å². The molecule has 0 heteroatoms. The molecule has 8 rings (SSSR count). The van der Waals surface area contributed by atoms with Crippen LogP contribution in [-0.4, -0.2) is 0 Å². The van der Waals surface area contributed by atoms with Crippen LogP contribution in [0.25, 0.3) is 55.2 Å². The quantitative estimate of drug-likeness (QED) is 0.141. The molecule has 0 nitrogen and oxygen atoms in total. The molecule has 0 saturated carbocycles. The van der Waals surface area contributed by atoms with E-state index in [0.29, 0.717) is 0 Å². The Morgan fingerprint density at radius 2 is 0.543 bits per heavy atom. The van der Waals surface area contributed by atoms with Crippen LogP contribution in [0.2, 0.25) is 0 Å². The van der Waals surface area contributed by atoms with Gasteiger partial charge in [0.1, 0.15) is 0 Å². The Morgan fingerprint density at radius 3 is 0.935 bits per heavy atom. The van der Waals surface area contributed by atoms with E-state index < -0.39 is 0 Å². The molecular weight excluding hydrogens is 553 g/mol. The van der Waals surface area contributed by atoms with Gasteiger partial charge in [-0.2, -0.15) is 0 Å². The topological polar surface area (TPSA) is 0 Å². The summed E-state index contributed by atoms with van der Waals surface area (Å²) >= 11 is 0. The Bertz CT molecular complexity index is 2410. The van der Waals surface area contributed by atoms with Gasteiger partial charge in [0.05, 0.1) is 0 Å². The summed E-state index contributed by atoms with van der Waals surface area (Å²) < 4.78 is 0. The molecule has 212 valence electrons. The lowest BCUT2D eigenvalue weighted by Gasteiger charge is -2.03. The average molecular weight is 581 g/mol. The Morgan fingerprint density at radius 1 is 0.261 bits per heavy atom. The first-order valence-corrected chi connectivity index (χ1v) is 15.5. The molecular formula is C46H28. The van der Waals surface area contributed by atoms with E-state index in [9.17, 15) is 0 Å². The second kappa shape index (κ2) is 12.0. The van der Waals surface area contributed by atoms with E-state index in [-0.39, 0.29) is 0 Å². The van der Waals surface area contributed by atoms with Crippen LogP contribution in [0.4, 0.5) is 0 Å². The van der Waals surface area contributed by atoms with Crippen molar-refractivity contribution in [1.29, 1.82) is 0 Å². The first-order chi connectivity index (χ1) is 22.7. The summed E-state index contributed by atoms with van der Waals surface area (Å²) in [5.74, 6) is 13.4. The molecule has 0 atom stereocenters. The Hall–Kier alpha value is -6.34. The van der Waals surface area contributed by atoms with Crippen molar-refractivity contribution in [3.8, 4) is 23.7 Å². The van der Waals surface area contributed by atoms with Crippen molar-refractivity contribution in [2.45, 2.75) is 0 Å². The molecule has 0 aromatic heterocycles. The van der Waals surface area contributed by atoms with Crippen LogP contribution < -0.4 is 0 Å². The molecule has 8 aromatic rings. The van der Waals surface area contributed by atoms with Crippen LogP contribution in [0, 0.1) is 23.7 Å². The fraction of sp³-hybridized carbons (Fsp3) is 0. The first-order valence-electron chi connectivity index (χ1n) is 15.5. The van der Waals surface area contributed by atoms with E-state index in [1.54, 1.807) is 0 Å². The SMILES string of the molecule is C(#Cc1ccc2cc(C=Cc3ccc4cc(C#Cc5ccc6ccccc6c5)ccc4c3)ccc2c1)c1ccc2ccccc2c1. The van der Waals surface area contributed by atoms with Crippen molar-refractivity contribution in [3.05, 3.63) is 191 Å². The minimum absolute atomic E-state index is 1.02. The number of hydrogen-bond donors (Lipinski definition) is 0. The maximum atomic E-state index is 3.35. The third kappa shape index (κ3) is 5.89. The Labute approximate surface area is 269 Å². The van der Waals surface area contributed by atoms with Crippen LogP contribution in [-0.2, 0) is 0 Å². The lowest BCUT2D eigenvalue weighted by atomic mass is 10.0. The maximum absolute atomic E-state index is 3.35. The van der Waals surface area contributed by atoms with Crippen LogP contribution in [0.15, 0.2) is 158 Å². The predicted octanol–water partition coefficient (Wildman–Crippen LogP) is 11.3. The average Bonchev–Trinajstić information content (AvgIpc) is 3.11. The zero-order chi connectivity index (χ0) is 30.7. The third-order valence-corrected chi connectivity index (χ3v) is 8.40. The van der Waals surface area contributed by atoms with E-state index >= 15 is 0 Å². The standard InChI is InChI=1S/C46H28/c1-3-7-41-27-33(15-21-39(41)5-1)9-11-35-17-23-45-31-37(19-25-43(45)29-35)13-14-38-20-26-44-30-36(18-24-46(44)32-38)12-10-34-16-22-40-6-2-4-8-42(40)28-34/h1-8,13-32H. The molecule has 0 aliphatic heterocycles. The molecule has 0 unspecified atom stereocenters. The van der Waals surface area contributed by atoms with Gasteiger partial charge in [-0.25, -0.2) is 0 Å². The summed E-state index contributed by atoms with van der Waals surface area (Å²) in [4.78, 5) is 0. The molecule has 0 bridgehead atoms. The molecule has 0 saturated heterocycles. The lowest BCUT2D eigenvalue weighted by molar-refractivity contribution is 1.65. The number of benzene rings is 8. The van der Waals surface area contributed by atoms with E-state index in [4.69, 9.17) is 0 Å². The van der Waals surface area contributed by atoms with E-state index in [1.807, 2.05) is 0 Å². The van der Waals surface area contributed by atoms with Crippen molar-refractivity contribution in [1.82, 2.24) is 0 Å². The third-order valence-electron chi connectivity index (χ3n) is 8.40. The fourth-order valence-electron chi connectivity index (χ4n) is 5.91. The van der Waals surface area contributed by atoms with Crippen molar-refractivity contribution < 1.29 is 0 Å². The normalized spacial score (nSPS) is 11.0. The van der Waals surface area contributed by atoms with Gasteiger partial charge >= 0.3 is 0 Å². The molecule has 0 fully saturated rings. The van der Waals surface area contributed by atoms with Gasteiger partial charge in [-0.1, -0.05) is 133 Å². The van der Waals surface area contributed by atoms with Gasteiger partial charge in [-0.3, -0.25) is 0 Å². The summed E-state index contributed by atoms with van der Waals surface area (Å²) in [6.45, 7) is 0. The second-order valence-electron chi connectivity index (χ2n) is 11.6. The minimum atomic E-state index is 1.02. The van der Waals surface area contributed by atoms with Crippen LogP contribution >= 0.6 is 0 Å². The van der Waals surface area contributed by atoms with Gasteiger partial charge in [0.2, 0.25) is 0 Å². The molecule has 0 aliphatic rings. The van der Waals surface area contributed by atoms with Crippen LogP contribution in [0.5, 0.6) is 0 Å². The van der Waals surface area contributed by atoms with Gasteiger partial charge in [0, 0.05) is 22.3 Å². The summed E-state index contributed by atoms with van der Waals surface area (Å²) in [6, 6.07) is 55.5. The monoisotopic (exact) mass is 580 g/mol. The lowest BCUT2D eigenvalue weighted by Crippen LogP contribution is -1.81. The number of hydrogen-bond acceptors (Lipinski definition) is 0. The molecule has 46 heavy (non-hydrogen) atoms. The summed E-state index contributed by atoms with van der Waals surface area (Å²) in [5, 5.41) is 9.67. The van der Waals surface area contributed by atoms with Gasteiger partial charge in [-0.15, -0.1) is 0 Å². The molecule has 0 aliphatic carbocycles. The first kappa shape index (κ1) is 27.2. The highest BCUT2D eigenvalue weighted by molar-refractivity contribution is 5.90. The van der Waals surface area contributed by atoms with Gasteiger partial charge in [0.15, 0.2) is 0 Å². The minimum Gasteiger partial charge on any atom is -0.0616 e. The van der Waals surface area contributed by atoms with Crippen LogP contribution in [0.3, 0.4) is 0 Å². The molecule has 0 radical (unpaired) electrons. The van der Waals surface area contributed by atoms with Crippen molar-refractivity contribution in [2.75, 3.05) is 0 Å². The maximum Gasteiger partial charge on any atom is 0.0255 e. The molecule has 0 spiro atoms. The van der Waals surface area contributed by atoms with Crippen molar-refractivity contribution in [2.24, 2.45) is 0 Å². The van der Waals surface area contributed by atoms with Crippen molar-refractivity contribution in [3.63, 3.8) is 0 Å². The molecule has 0 N–H and O–H groups in total. The molecule has 0 heterocycles. The van der Waals surface area contributed by atoms with Gasteiger partial charge < -0.3 is 0 Å². The highest BCUT2D eigenvalue weighted by Crippen LogP contribution is 2.23. The molecule has 8 aromatic carbocycles. The summed E-state index contributed by atoms with van der Waals surface area (Å²) in [6.07, 6.45) is 4.36. The Kier molecular flexibility index (Phi) is 7.09. The highest BCUT2D eigenvalue weighted by atomic mass is 14.0. The second-order valence-corrected chi connectivity index (χ2v) is 11.6. The summed E-state index contributed by atoms with van der Waals surface area (Å²) in [5.41, 5.74) is 6.42. The highest BCUT2D eigenvalue weighted by Gasteiger charge is 2.00. The summed E-state index contributed by atoms with van der Waals surface area (Å²) in [7, 11) is 0. The fourth-order valence-corrected chi connectivity index (χ4v) is 5.91. The molecule has 0 amide bonds. The van der Waals surface area contributed by atoms with Gasteiger partial charge in [-0.05, 0) is 115 Å². The van der Waals surface area contributed by atoms with Crippen LogP contribution in [0.1, 0.15) is 33.4 Å². The largest absolute Gasteiger partial charge is 0.0616 e. The smallest absolute Gasteiger partial charge is 0.0255 e. The van der Waals surface area contributed by atoms with E-state index in [1.165, 1.54) is 54.2 Å². The van der Waals surface area contributed by atoms with Gasteiger partial charge in [0.25, 0.3) is 0 Å².